The molecule has 2 aromatic rings. The first-order valence-corrected chi connectivity index (χ1v) is 9.04. The third-order valence-electron chi connectivity index (χ3n) is 4.06. The van der Waals surface area contributed by atoms with Crippen molar-refractivity contribution in [3.05, 3.63) is 53.5 Å². The second kappa shape index (κ2) is 8.41. The number of aromatic nitrogens is 1. The first-order valence-electron chi connectivity index (χ1n) is 9.04. The predicted octanol–water partition coefficient (Wildman–Crippen LogP) is 4.95. The molecule has 2 rings (SSSR count). The molecule has 8 heteroatoms. The molecule has 0 aliphatic heterocycles. The summed E-state index contributed by atoms with van der Waals surface area (Å²) in [5.41, 5.74) is -0.839. The number of alkyl carbamates (subject to hydrolysis) is 1. The molecule has 0 fully saturated rings. The van der Waals surface area contributed by atoms with Gasteiger partial charge in [0.1, 0.15) is 11.4 Å². The zero-order valence-corrected chi connectivity index (χ0v) is 17.0. The van der Waals surface area contributed by atoms with Crippen LogP contribution in [0.1, 0.15) is 52.0 Å². The smallest absolute Gasteiger partial charge is 0.408 e. The van der Waals surface area contributed by atoms with Crippen LogP contribution in [0.2, 0.25) is 0 Å². The highest BCUT2D eigenvalue weighted by molar-refractivity contribution is 5.69. The minimum absolute atomic E-state index is 0.254. The molecule has 158 valence electrons. The van der Waals surface area contributed by atoms with Crippen molar-refractivity contribution >= 4 is 6.09 Å². The lowest BCUT2D eigenvalue weighted by atomic mass is 9.92. The largest absolute Gasteiger partial charge is 0.444 e. The van der Waals surface area contributed by atoms with Crippen molar-refractivity contribution in [2.75, 3.05) is 0 Å². The first-order chi connectivity index (χ1) is 13.3. The van der Waals surface area contributed by atoms with Crippen LogP contribution in [0.15, 0.2) is 36.4 Å². The monoisotopic (exact) mass is 410 g/mol. The summed E-state index contributed by atoms with van der Waals surface area (Å²) in [4.78, 5) is 16.3. The number of halogens is 3. The van der Waals surface area contributed by atoms with E-state index in [1.54, 1.807) is 40.7 Å². The van der Waals surface area contributed by atoms with E-state index >= 15 is 0 Å². The summed E-state index contributed by atoms with van der Waals surface area (Å²) in [5.74, 6) is -0.454. The summed E-state index contributed by atoms with van der Waals surface area (Å²) < 4.78 is 44.7. The van der Waals surface area contributed by atoms with E-state index in [0.29, 0.717) is 11.1 Å². The summed E-state index contributed by atoms with van der Waals surface area (Å²) in [5, 5.41) is 12.5. The number of pyridine rings is 1. The maximum Gasteiger partial charge on any atom is 0.408 e. The van der Waals surface area contributed by atoms with Gasteiger partial charge in [0.2, 0.25) is 0 Å². The Morgan fingerprint density at radius 2 is 1.69 bits per heavy atom. The fourth-order valence-electron chi connectivity index (χ4n) is 2.59. The molecule has 1 atom stereocenters. The minimum Gasteiger partial charge on any atom is -0.444 e. The Hall–Kier alpha value is -2.61. The molecule has 0 saturated carbocycles. The van der Waals surface area contributed by atoms with Gasteiger partial charge in [0.05, 0.1) is 16.9 Å². The van der Waals surface area contributed by atoms with E-state index in [1.807, 2.05) is 0 Å². The van der Waals surface area contributed by atoms with E-state index in [0.717, 1.165) is 0 Å². The molecule has 1 amide bonds. The van der Waals surface area contributed by atoms with Gasteiger partial charge in [0.15, 0.2) is 6.10 Å². The van der Waals surface area contributed by atoms with Crippen LogP contribution in [-0.4, -0.2) is 28.2 Å². The van der Waals surface area contributed by atoms with Crippen LogP contribution in [0.3, 0.4) is 0 Å². The van der Waals surface area contributed by atoms with Crippen LogP contribution < -0.4 is 5.32 Å². The molecule has 2 N–H and O–H groups in total. The normalized spacial score (nSPS) is 13.3. The molecule has 1 heterocycles. The second-order valence-corrected chi connectivity index (χ2v) is 8.20. The quantitative estimate of drug-likeness (QED) is 0.732. The molecule has 0 bridgehead atoms. The summed E-state index contributed by atoms with van der Waals surface area (Å²) in [6, 6.07) is 8.24. The first kappa shape index (κ1) is 22.7. The number of aliphatic hydroxyl groups excluding tert-OH is 1. The van der Waals surface area contributed by atoms with E-state index in [9.17, 15) is 23.1 Å². The Morgan fingerprint density at radius 3 is 2.21 bits per heavy atom. The van der Waals surface area contributed by atoms with Gasteiger partial charge in [0.25, 0.3) is 6.43 Å². The van der Waals surface area contributed by atoms with Crippen molar-refractivity contribution in [1.82, 2.24) is 10.3 Å². The Morgan fingerprint density at radius 1 is 1.10 bits per heavy atom. The summed E-state index contributed by atoms with van der Waals surface area (Å²) in [6.07, 6.45) is -5.83. The van der Waals surface area contributed by atoms with Gasteiger partial charge < -0.3 is 15.2 Å². The lowest BCUT2D eigenvalue weighted by Crippen LogP contribution is -2.44. The van der Waals surface area contributed by atoms with E-state index in [1.165, 1.54) is 30.3 Å². The average Bonchev–Trinajstić information content (AvgIpc) is 2.59. The highest BCUT2D eigenvalue weighted by Crippen LogP contribution is 2.30. The molecular weight excluding hydrogens is 385 g/mol. The Bertz CT molecular complexity index is 862. The summed E-state index contributed by atoms with van der Waals surface area (Å²) >= 11 is 0. The maximum atomic E-state index is 13.2. The molecule has 1 unspecified atom stereocenters. The Balaban J connectivity index is 2.48. The number of alkyl halides is 2. The van der Waals surface area contributed by atoms with Crippen molar-refractivity contribution < 1.29 is 27.8 Å². The minimum atomic E-state index is -3.04. The molecule has 29 heavy (non-hydrogen) atoms. The highest BCUT2D eigenvalue weighted by atomic mass is 19.3. The van der Waals surface area contributed by atoms with E-state index in [2.05, 4.69) is 10.3 Å². The van der Waals surface area contributed by atoms with Gasteiger partial charge in [-0.1, -0.05) is 0 Å². The van der Waals surface area contributed by atoms with Gasteiger partial charge in [-0.15, -0.1) is 0 Å². The number of rotatable bonds is 5. The maximum absolute atomic E-state index is 13.2. The number of nitrogens with one attached hydrogen (secondary N) is 1. The molecule has 0 saturated heterocycles. The highest BCUT2D eigenvalue weighted by Gasteiger charge is 2.29. The molecular formula is C21H25F3N2O3. The van der Waals surface area contributed by atoms with Gasteiger partial charge in [-0.2, -0.15) is 0 Å². The van der Waals surface area contributed by atoms with Crippen LogP contribution >= 0.6 is 0 Å². The zero-order valence-electron chi connectivity index (χ0n) is 17.0. The van der Waals surface area contributed by atoms with Crippen LogP contribution in [0, 0.1) is 5.82 Å². The Labute approximate surface area is 167 Å². The number of benzene rings is 1. The summed E-state index contributed by atoms with van der Waals surface area (Å²) in [6.45, 7) is 8.49. The van der Waals surface area contributed by atoms with Crippen molar-refractivity contribution in [2.45, 2.75) is 58.3 Å². The number of hydrogen-bond donors (Lipinski definition) is 2. The Kier molecular flexibility index (Phi) is 6.57. The third-order valence-corrected chi connectivity index (χ3v) is 4.06. The molecule has 5 nitrogen and oxygen atoms in total. The fourth-order valence-corrected chi connectivity index (χ4v) is 2.59. The molecule has 0 spiro atoms. The average molecular weight is 410 g/mol. The number of carbonyl (C=O) groups excluding carboxylic acids is 1. The van der Waals surface area contributed by atoms with E-state index in [-0.39, 0.29) is 11.4 Å². The van der Waals surface area contributed by atoms with Crippen molar-refractivity contribution in [1.29, 1.82) is 0 Å². The van der Waals surface area contributed by atoms with E-state index < -0.39 is 35.6 Å². The third kappa shape index (κ3) is 6.19. The molecule has 1 aromatic carbocycles. The summed E-state index contributed by atoms with van der Waals surface area (Å²) in [7, 11) is 0. The number of carbonyl (C=O) groups is 1. The van der Waals surface area contributed by atoms with Crippen molar-refractivity contribution in [2.24, 2.45) is 0 Å². The van der Waals surface area contributed by atoms with Gasteiger partial charge >= 0.3 is 6.09 Å². The molecule has 0 aliphatic carbocycles. The zero-order chi connectivity index (χ0) is 22.0. The van der Waals surface area contributed by atoms with Crippen LogP contribution in [-0.2, 0) is 10.3 Å². The number of ether oxygens (including phenoxy) is 1. The van der Waals surface area contributed by atoms with Crippen molar-refractivity contribution in [3.63, 3.8) is 0 Å². The van der Waals surface area contributed by atoms with Crippen molar-refractivity contribution in [3.8, 4) is 11.3 Å². The van der Waals surface area contributed by atoms with Crippen LogP contribution in [0.5, 0.6) is 0 Å². The SMILES string of the molecule is CC(C)(C)OC(=O)NC(C)(C)c1cc(-c2ccc(F)cc2)nc(C(O)C(F)F)c1. The molecule has 0 radical (unpaired) electrons. The number of amides is 1. The lowest BCUT2D eigenvalue weighted by molar-refractivity contribution is -0.00825. The van der Waals surface area contributed by atoms with Gasteiger partial charge in [-0.3, -0.25) is 0 Å². The molecule has 1 aromatic heterocycles. The van der Waals surface area contributed by atoms with Gasteiger partial charge in [0, 0.05) is 5.56 Å². The van der Waals surface area contributed by atoms with Crippen LogP contribution in [0.25, 0.3) is 11.3 Å². The van der Waals surface area contributed by atoms with Gasteiger partial charge in [-0.25, -0.2) is 22.9 Å². The van der Waals surface area contributed by atoms with E-state index in [4.69, 9.17) is 4.74 Å². The lowest BCUT2D eigenvalue weighted by Gasteiger charge is -2.30. The van der Waals surface area contributed by atoms with Gasteiger partial charge in [-0.05, 0) is 76.6 Å². The number of nitrogens with zero attached hydrogens (tertiary/aromatic N) is 1. The number of aliphatic hydroxyl groups is 1. The predicted molar refractivity (Wildman–Crippen MR) is 103 cm³/mol. The number of hydrogen-bond acceptors (Lipinski definition) is 4. The fraction of sp³-hybridized carbons (Fsp3) is 0.429. The topological polar surface area (TPSA) is 71.5 Å². The second-order valence-electron chi connectivity index (χ2n) is 8.20. The molecule has 0 aliphatic rings. The van der Waals surface area contributed by atoms with Crippen LogP contribution in [0.4, 0.5) is 18.0 Å². The standard InChI is InChI=1S/C21H25F3N2O3/c1-20(2,3)29-19(28)26-21(4,5)13-10-15(12-6-8-14(22)9-7-12)25-16(11-13)17(27)18(23)24/h6-11,17-18,27H,1-5H3,(H,26,28).